The van der Waals surface area contributed by atoms with Crippen molar-refractivity contribution in [2.75, 3.05) is 0 Å². The molecule has 1 aromatic heterocycles. The Bertz CT molecular complexity index is 542. The summed E-state index contributed by atoms with van der Waals surface area (Å²) in [5, 5.41) is 8.54. The number of nitrogens with one attached hydrogen (secondary N) is 1. The molecule has 1 heterocycles. The molecule has 0 amide bonds. The highest BCUT2D eigenvalue weighted by Gasteiger charge is 1.97. The normalized spacial score (nSPS) is 9.80. The van der Waals surface area contributed by atoms with Gasteiger partial charge in [0.05, 0.1) is 12.5 Å². The van der Waals surface area contributed by atoms with Crippen molar-refractivity contribution in [2.24, 2.45) is 0 Å². The van der Waals surface area contributed by atoms with Crippen molar-refractivity contribution in [2.45, 2.75) is 6.42 Å². The molecule has 0 saturated heterocycles. The standard InChI is InChI=1S/C11H9N3S/c12-6-5-9-1-3-10(4-2-9)14-8-7-13-11(14)15/h1-4,7-8H,5H2,(H,13,15). The molecule has 4 heteroatoms. The van der Waals surface area contributed by atoms with E-state index in [1.807, 2.05) is 35.0 Å². The zero-order valence-corrected chi connectivity index (χ0v) is 8.79. The second-order valence-electron chi connectivity index (χ2n) is 3.14. The number of hydrogen-bond acceptors (Lipinski definition) is 2. The third kappa shape index (κ3) is 1.97. The van der Waals surface area contributed by atoms with E-state index in [1.165, 1.54) is 0 Å². The Hall–Kier alpha value is -1.86. The summed E-state index contributed by atoms with van der Waals surface area (Å²) in [5.74, 6) is 0. The zero-order valence-electron chi connectivity index (χ0n) is 7.97. The molecule has 3 nitrogen and oxygen atoms in total. The number of aromatic amines is 1. The van der Waals surface area contributed by atoms with E-state index < -0.39 is 0 Å². The lowest BCUT2D eigenvalue weighted by Crippen LogP contribution is -1.92. The van der Waals surface area contributed by atoms with Crippen LogP contribution < -0.4 is 0 Å². The molecule has 74 valence electrons. The molecule has 1 N–H and O–H groups in total. The van der Waals surface area contributed by atoms with Crippen LogP contribution in [0.15, 0.2) is 36.7 Å². The number of rotatable bonds is 2. The summed E-state index contributed by atoms with van der Waals surface area (Å²) in [6.45, 7) is 0. The smallest absolute Gasteiger partial charge is 0.181 e. The average Bonchev–Trinajstić information content (AvgIpc) is 2.66. The first kappa shape index (κ1) is 9.69. The van der Waals surface area contributed by atoms with Crippen molar-refractivity contribution in [3.05, 3.63) is 47.0 Å². The van der Waals surface area contributed by atoms with Crippen LogP contribution >= 0.6 is 12.2 Å². The second-order valence-corrected chi connectivity index (χ2v) is 3.52. The SMILES string of the molecule is N#CCc1ccc(-n2cc[nH]c2=S)cc1. The Kier molecular flexibility index (Phi) is 2.66. The minimum Gasteiger partial charge on any atom is -0.337 e. The van der Waals surface area contributed by atoms with Crippen LogP contribution in [0.4, 0.5) is 0 Å². The van der Waals surface area contributed by atoms with Gasteiger partial charge >= 0.3 is 0 Å². The van der Waals surface area contributed by atoms with Crippen molar-refractivity contribution >= 4 is 12.2 Å². The van der Waals surface area contributed by atoms with E-state index in [4.69, 9.17) is 17.5 Å². The molecule has 0 radical (unpaired) electrons. The average molecular weight is 215 g/mol. The number of benzene rings is 1. The van der Waals surface area contributed by atoms with Gasteiger partial charge in [-0.15, -0.1) is 0 Å². The summed E-state index contributed by atoms with van der Waals surface area (Å²) in [6, 6.07) is 9.90. The predicted molar refractivity (Wildman–Crippen MR) is 60.3 cm³/mol. The maximum absolute atomic E-state index is 8.54. The largest absolute Gasteiger partial charge is 0.337 e. The van der Waals surface area contributed by atoms with E-state index in [0.29, 0.717) is 11.2 Å². The molecule has 1 aromatic carbocycles. The molecule has 2 aromatic rings. The molecule has 0 unspecified atom stereocenters. The first-order valence-electron chi connectivity index (χ1n) is 4.53. The topological polar surface area (TPSA) is 44.5 Å². The molecule has 0 saturated carbocycles. The van der Waals surface area contributed by atoms with Crippen molar-refractivity contribution < 1.29 is 0 Å². The van der Waals surface area contributed by atoms with Gasteiger partial charge in [0, 0.05) is 18.1 Å². The zero-order chi connectivity index (χ0) is 10.7. The fourth-order valence-corrected chi connectivity index (χ4v) is 1.62. The second kappa shape index (κ2) is 4.11. The molecule has 0 fully saturated rings. The van der Waals surface area contributed by atoms with Gasteiger partial charge in [-0.1, -0.05) is 12.1 Å². The highest BCUT2D eigenvalue weighted by Crippen LogP contribution is 2.10. The lowest BCUT2D eigenvalue weighted by molar-refractivity contribution is 1.03. The summed E-state index contributed by atoms with van der Waals surface area (Å²) in [5.41, 5.74) is 2.02. The monoisotopic (exact) mass is 215 g/mol. The number of hydrogen-bond donors (Lipinski definition) is 1. The highest BCUT2D eigenvalue weighted by molar-refractivity contribution is 7.71. The lowest BCUT2D eigenvalue weighted by Gasteiger charge is -2.02. The number of aromatic nitrogens is 2. The van der Waals surface area contributed by atoms with Crippen LogP contribution in [-0.4, -0.2) is 9.55 Å². The predicted octanol–water partition coefficient (Wildman–Crippen LogP) is 2.60. The van der Waals surface area contributed by atoms with Crippen LogP contribution in [0.25, 0.3) is 5.69 Å². The third-order valence-corrected chi connectivity index (χ3v) is 2.46. The minimum atomic E-state index is 0.443. The van der Waals surface area contributed by atoms with Gasteiger partial charge in [0.15, 0.2) is 4.77 Å². The summed E-state index contributed by atoms with van der Waals surface area (Å²) in [7, 11) is 0. The maximum Gasteiger partial charge on any atom is 0.181 e. The van der Waals surface area contributed by atoms with Crippen LogP contribution in [0.5, 0.6) is 0 Å². The summed E-state index contributed by atoms with van der Waals surface area (Å²) in [4.78, 5) is 2.93. The highest BCUT2D eigenvalue weighted by atomic mass is 32.1. The van der Waals surface area contributed by atoms with Crippen LogP contribution in [-0.2, 0) is 6.42 Å². The summed E-state index contributed by atoms with van der Waals surface area (Å²) < 4.78 is 2.55. The van der Waals surface area contributed by atoms with Crippen molar-refractivity contribution in [1.29, 1.82) is 5.26 Å². The van der Waals surface area contributed by atoms with Gasteiger partial charge in [0.2, 0.25) is 0 Å². The maximum atomic E-state index is 8.54. The number of imidazole rings is 1. The van der Waals surface area contributed by atoms with Gasteiger partial charge < -0.3 is 4.98 Å². The van der Waals surface area contributed by atoms with Gasteiger partial charge in [-0.2, -0.15) is 5.26 Å². The molecule has 2 rings (SSSR count). The van der Waals surface area contributed by atoms with Gasteiger partial charge in [-0.25, -0.2) is 0 Å². The molecule has 15 heavy (non-hydrogen) atoms. The first-order valence-corrected chi connectivity index (χ1v) is 4.94. The van der Waals surface area contributed by atoms with E-state index in [-0.39, 0.29) is 0 Å². The molecule has 0 bridgehead atoms. The number of nitrogens with zero attached hydrogens (tertiary/aromatic N) is 2. The van der Waals surface area contributed by atoms with E-state index in [0.717, 1.165) is 11.3 Å². The van der Waals surface area contributed by atoms with Gasteiger partial charge in [0.25, 0.3) is 0 Å². The Morgan fingerprint density at radius 1 is 1.33 bits per heavy atom. The van der Waals surface area contributed by atoms with Crippen LogP contribution in [0, 0.1) is 16.1 Å². The van der Waals surface area contributed by atoms with Crippen molar-refractivity contribution in [3.8, 4) is 11.8 Å². The number of H-pyrrole nitrogens is 1. The van der Waals surface area contributed by atoms with E-state index in [1.54, 1.807) is 6.20 Å². The molecule has 0 aliphatic carbocycles. The quantitative estimate of drug-likeness (QED) is 0.782. The Morgan fingerprint density at radius 2 is 2.07 bits per heavy atom. The fraction of sp³-hybridized carbons (Fsp3) is 0.0909. The summed E-state index contributed by atoms with van der Waals surface area (Å²) >= 11 is 5.11. The Balaban J connectivity index is 2.37. The molecule has 0 aliphatic rings. The van der Waals surface area contributed by atoms with E-state index in [2.05, 4.69) is 11.1 Å². The Labute approximate surface area is 92.6 Å². The molecule has 0 atom stereocenters. The van der Waals surface area contributed by atoms with Crippen LogP contribution in [0.1, 0.15) is 5.56 Å². The van der Waals surface area contributed by atoms with E-state index in [9.17, 15) is 0 Å². The van der Waals surface area contributed by atoms with E-state index >= 15 is 0 Å². The number of nitriles is 1. The molecule has 0 spiro atoms. The molecule has 0 aliphatic heterocycles. The fourth-order valence-electron chi connectivity index (χ4n) is 1.39. The molecular formula is C11H9N3S. The Morgan fingerprint density at radius 3 is 2.60 bits per heavy atom. The third-order valence-electron chi connectivity index (χ3n) is 2.15. The van der Waals surface area contributed by atoms with Crippen molar-refractivity contribution in [3.63, 3.8) is 0 Å². The lowest BCUT2D eigenvalue weighted by atomic mass is 10.1. The van der Waals surface area contributed by atoms with Gasteiger partial charge in [0.1, 0.15) is 0 Å². The first-order chi connectivity index (χ1) is 7.31. The summed E-state index contributed by atoms with van der Waals surface area (Å²) in [6.07, 6.45) is 4.12. The van der Waals surface area contributed by atoms with Crippen LogP contribution in [0.3, 0.4) is 0 Å². The van der Waals surface area contributed by atoms with Crippen molar-refractivity contribution in [1.82, 2.24) is 9.55 Å². The van der Waals surface area contributed by atoms with Crippen LogP contribution in [0.2, 0.25) is 0 Å². The van der Waals surface area contributed by atoms with Gasteiger partial charge in [-0.3, -0.25) is 4.57 Å². The van der Waals surface area contributed by atoms with Gasteiger partial charge in [-0.05, 0) is 29.9 Å². The minimum absolute atomic E-state index is 0.443. The molecular weight excluding hydrogens is 206 g/mol.